The highest BCUT2D eigenvalue weighted by Gasteiger charge is 2.05. The topological polar surface area (TPSA) is 75.4 Å². The van der Waals surface area contributed by atoms with E-state index in [0.29, 0.717) is 0 Å². The molecule has 0 aromatic heterocycles. The molecule has 0 saturated heterocycles. The van der Waals surface area contributed by atoms with Crippen LogP contribution in [0.1, 0.15) is 0 Å². The van der Waals surface area contributed by atoms with Gasteiger partial charge in [0.25, 0.3) is 0 Å². The summed E-state index contributed by atoms with van der Waals surface area (Å²) in [6.07, 6.45) is 0. The molecule has 4 nitrogen and oxygen atoms in total. The fraction of sp³-hybridized carbons (Fsp3) is 1.00. The van der Waals surface area contributed by atoms with E-state index in [1.54, 1.807) is 0 Å². The van der Waals surface area contributed by atoms with Crippen LogP contribution in [0.3, 0.4) is 0 Å². The first-order valence-corrected chi connectivity index (χ1v) is 4.25. The summed E-state index contributed by atoms with van der Waals surface area (Å²) >= 11 is 5.16. The van der Waals surface area contributed by atoms with Gasteiger partial charge in [0.15, 0.2) is 0 Å². The number of hydrogen-bond acceptors (Lipinski definition) is 1. The van der Waals surface area contributed by atoms with Gasteiger partial charge < -0.3 is 4.89 Å². The molecule has 0 amide bonds. The van der Waals surface area contributed by atoms with Crippen LogP contribution in [-0.4, -0.2) is 17.3 Å². The second-order valence-electron chi connectivity index (χ2n) is 1.22. The van der Waals surface area contributed by atoms with Crippen LogP contribution >= 0.6 is 19.3 Å². The molecule has 0 aliphatic rings. The molecule has 1 unspecified atom stereocenters. The van der Waals surface area contributed by atoms with Crippen molar-refractivity contribution in [2.45, 2.75) is 0 Å². The van der Waals surface area contributed by atoms with Crippen molar-refractivity contribution in [2.24, 2.45) is 5.50 Å². The van der Waals surface area contributed by atoms with Crippen molar-refractivity contribution in [1.82, 2.24) is 5.09 Å². The van der Waals surface area contributed by atoms with E-state index in [1.807, 2.05) is 0 Å². The average molecular weight is 159 g/mol. The first-order valence-electron chi connectivity index (χ1n) is 1.99. The van der Waals surface area contributed by atoms with E-state index < -0.39 is 7.67 Å². The third-order valence-electron chi connectivity index (χ3n) is 0.433. The van der Waals surface area contributed by atoms with Crippen molar-refractivity contribution in [3.05, 3.63) is 0 Å². The van der Waals surface area contributed by atoms with E-state index in [2.05, 4.69) is 10.6 Å². The summed E-state index contributed by atoms with van der Waals surface area (Å²) in [6.45, 7) is 0.256. The molecule has 0 fully saturated rings. The van der Waals surface area contributed by atoms with Crippen LogP contribution in [0, 0.1) is 0 Å². The third kappa shape index (κ3) is 6.40. The summed E-state index contributed by atoms with van der Waals surface area (Å²) in [7, 11) is -3.52. The maximum atomic E-state index is 10.1. The van der Waals surface area contributed by atoms with E-state index in [9.17, 15) is 4.57 Å². The van der Waals surface area contributed by atoms with Crippen molar-refractivity contribution in [1.29, 1.82) is 0 Å². The molecule has 0 spiro atoms. The highest BCUT2D eigenvalue weighted by molar-refractivity contribution is 7.53. The van der Waals surface area contributed by atoms with Crippen molar-refractivity contribution in [2.75, 3.05) is 12.4 Å². The Morgan fingerprint density at radius 3 is 2.50 bits per heavy atom. The molecule has 50 valence electrons. The van der Waals surface area contributed by atoms with Crippen molar-refractivity contribution >= 4 is 19.3 Å². The van der Waals surface area contributed by atoms with Crippen LogP contribution < -0.4 is 10.6 Å². The highest BCUT2D eigenvalue weighted by atomic mass is 35.5. The molecule has 0 heterocycles. The first kappa shape index (κ1) is 8.40. The summed E-state index contributed by atoms with van der Waals surface area (Å²) in [5, 5.41) is 2.13. The maximum absolute atomic E-state index is 10.1. The van der Waals surface area contributed by atoms with Crippen LogP contribution in [0.5, 0.6) is 0 Å². The number of nitrogens with two attached hydrogens (primary N) is 1. The predicted octanol–water partition coefficient (Wildman–Crippen LogP) is -0.126. The fourth-order valence-electron chi connectivity index (χ4n) is 0.202. The Hall–Kier alpha value is 0.400. The molecule has 0 radical (unpaired) electrons. The lowest BCUT2D eigenvalue weighted by atomic mass is 10.8. The molecule has 4 N–H and O–H groups in total. The monoisotopic (exact) mass is 158 g/mol. The van der Waals surface area contributed by atoms with Crippen LogP contribution in [0.25, 0.3) is 0 Å². The van der Waals surface area contributed by atoms with E-state index in [1.165, 1.54) is 0 Å². The summed E-state index contributed by atoms with van der Waals surface area (Å²) in [6, 6.07) is 0. The maximum Gasteiger partial charge on any atom is 0.335 e. The van der Waals surface area contributed by atoms with Gasteiger partial charge in [0.1, 0.15) is 0 Å². The van der Waals surface area contributed by atoms with Gasteiger partial charge in [-0.25, -0.2) is 10.6 Å². The van der Waals surface area contributed by atoms with Crippen LogP contribution in [0.2, 0.25) is 0 Å². The van der Waals surface area contributed by atoms with Crippen molar-refractivity contribution in [3.63, 3.8) is 0 Å². The summed E-state index contributed by atoms with van der Waals surface area (Å²) in [4.78, 5) is 8.31. The van der Waals surface area contributed by atoms with Gasteiger partial charge >= 0.3 is 7.67 Å². The molecule has 8 heavy (non-hydrogen) atoms. The van der Waals surface area contributed by atoms with Gasteiger partial charge in [0, 0.05) is 12.4 Å². The minimum atomic E-state index is -3.52. The summed E-state index contributed by atoms with van der Waals surface area (Å²) < 4.78 is 10.1. The van der Waals surface area contributed by atoms with Crippen LogP contribution in [0.15, 0.2) is 0 Å². The summed E-state index contributed by atoms with van der Waals surface area (Å²) in [5.74, 6) is 0.280. The fourth-order valence-corrected chi connectivity index (χ4v) is 0.861. The molecule has 0 rings (SSSR count). The summed E-state index contributed by atoms with van der Waals surface area (Å²) in [5.41, 5.74) is 4.66. The molecule has 6 heteroatoms. The lowest BCUT2D eigenvalue weighted by Crippen LogP contribution is -2.17. The standard InChI is InChI=1S/C2H8ClN2O2P/c3-1-2-5-8(4,6)7/h1-2H2,(H4,4,5,6,7). The Morgan fingerprint density at radius 1 is 1.88 bits per heavy atom. The van der Waals surface area contributed by atoms with Crippen molar-refractivity contribution < 1.29 is 9.46 Å². The number of hydrogen-bond donors (Lipinski definition) is 3. The molecule has 0 aliphatic carbocycles. The Labute approximate surface area is 52.6 Å². The van der Waals surface area contributed by atoms with Gasteiger partial charge in [-0.2, -0.15) is 0 Å². The SMILES string of the molecule is NP(=O)(O)NCCCl. The number of halogens is 1. The lowest BCUT2D eigenvalue weighted by Gasteiger charge is -2.02. The van der Waals surface area contributed by atoms with Gasteiger partial charge in [-0.1, -0.05) is 0 Å². The Morgan fingerprint density at radius 2 is 2.38 bits per heavy atom. The number of alkyl halides is 1. The molecule has 0 saturated carbocycles. The molecule has 0 bridgehead atoms. The van der Waals surface area contributed by atoms with Crippen LogP contribution in [0.4, 0.5) is 0 Å². The Kier molecular flexibility index (Phi) is 3.60. The van der Waals surface area contributed by atoms with Gasteiger partial charge in [-0.15, -0.1) is 11.6 Å². The molecule has 0 aromatic rings. The number of rotatable bonds is 3. The minimum absolute atomic E-state index is 0.256. The van der Waals surface area contributed by atoms with E-state index in [-0.39, 0.29) is 12.4 Å². The third-order valence-corrected chi connectivity index (χ3v) is 1.30. The Balaban J connectivity index is 3.26. The number of nitrogens with one attached hydrogen (secondary N) is 1. The minimum Gasteiger partial charge on any atom is -0.322 e. The first-order chi connectivity index (χ1) is 3.56. The largest absolute Gasteiger partial charge is 0.335 e. The van der Waals surface area contributed by atoms with Gasteiger partial charge in [-0.3, -0.25) is 4.57 Å². The van der Waals surface area contributed by atoms with Gasteiger partial charge in [-0.05, 0) is 0 Å². The molecule has 1 atom stereocenters. The quantitative estimate of drug-likeness (QED) is 0.395. The van der Waals surface area contributed by atoms with Gasteiger partial charge in [0.05, 0.1) is 0 Å². The molecular formula is C2H8ClN2O2P. The van der Waals surface area contributed by atoms with Crippen molar-refractivity contribution in [3.8, 4) is 0 Å². The molecular weight excluding hydrogens is 150 g/mol. The Bertz CT molecular complexity index is 102. The average Bonchev–Trinajstić information content (AvgIpc) is 1.59. The van der Waals surface area contributed by atoms with Crippen LogP contribution in [-0.2, 0) is 4.57 Å². The zero-order valence-electron chi connectivity index (χ0n) is 4.17. The lowest BCUT2D eigenvalue weighted by molar-refractivity contribution is 0.466. The van der Waals surface area contributed by atoms with E-state index >= 15 is 0 Å². The normalized spacial score (nSPS) is 17.9. The zero-order valence-corrected chi connectivity index (χ0v) is 5.82. The predicted molar refractivity (Wildman–Crippen MR) is 32.7 cm³/mol. The molecule has 0 aromatic carbocycles. The van der Waals surface area contributed by atoms with E-state index in [0.717, 1.165) is 0 Å². The smallest absolute Gasteiger partial charge is 0.322 e. The van der Waals surface area contributed by atoms with Gasteiger partial charge in [0.2, 0.25) is 0 Å². The van der Waals surface area contributed by atoms with E-state index in [4.69, 9.17) is 16.5 Å². The molecule has 0 aliphatic heterocycles. The second kappa shape index (κ2) is 3.43. The zero-order chi connectivity index (χ0) is 6.62. The highest BCUT2D eigenvalue weighted by Crippen LogP contribution is 2.21. The second-order valence-corrected chi connectivity index (χ2v) is 3.16.